The zero-order valence-corrected chi connectivity index (χ0v) is 9.73. The summed E-state index contributed by atoms with van der Waals surface area (Å²) in [5.74, 6) is 0. The molecule has 0 saturated heterocycles. The lowest BCUT2D eigenvalue weighted by molar-refractivity contribution is 0.741. The van der Waals surface area contributed by atoms with Crippen LogP contribution in [0.3, 0.4) is 0 Å². The van der Waals surface area contributed by atoms with Crippen molar-refractivity contribution in [1.82, 2.24) is 4.98 Å². The third-order valence-electron chi connectivity index (χ3n) is 2.68. The van der Waals surface area contributed by atoms with Gasteiger partial charge in [0.2, 0.25) is 0 Å². The summed E-state index contributed by atoms with van der Waals surface area (Å²) >= 11 is 6.06. The van der Waals surface area contributed by atoms with Crippen LogP contribution in [0, 0.1) is 6.92 Å². The smallest absolute Gasteiger partial charge is 0.0501 e. The zero-order chi connectivity index (χ0) is 11.0. The SMILES string of the molecule is Cc1c(Cl)ccc2c(CC(C)N)c[nH]c12. The Labute approximate surface area is 94.4 Å². The fourth-order valence-corrected chi connectivity index (χ4v) is 2.05. The van der Waals surface area contributed by atoms with Crippen molar-refractivity contribution in [2.45, 2.75) is 26.3 Å². The molecule has 0 aliphatic heterocycles. The molecule has 2 nitrogen and oxygen atoms in total. The second kappa shape index (κ2) is 3.87. The minimum atomic E-state index is 0.181. The molecule has 0 amide bonds. The average Bonchev–Trinajstić information content (AvgIpc) is 2.55. The maximum atomic E-state index is 6.06. The second-order valence-corrected chi connectivity index (χ2v) is 4.50. The molecule has 0 fully saturated rings. The molecule has 1 heterocycles. The number of hydrogen-bond donors (Lipinski definition) is 2. The van der Waals surface area contributed by atoms with Crippen LogP contribution in [-0.4, -0.2) is 11.0 Å². The molecule has 15 heavy (non-hydrogen) atoms. The van der Waals surface area contributed by atoms with Gasteiger partial charge in [-0.05, 0) is 37.5 Å². The molecule has 0 bridgehead atoms. The molecule has 0 aliphatic carbocycles. The van der Waals surface area contributed by atoms with E-state index in [2.05, 4.69) is 11.1 Å². The first kappa shape index (κ1) is 10.5. The topological polar surface area (TPSA) is 41.8 Å². The van der Waals surface area contributed by atoms with Gasteiger partial charge >= 0.3 is 0 Å². The molecule has 80 valence electrons. The van der Waals surface area contributed by atoms with Gasteiger partial charge in [-0.3, -0.25) is 0 Å². The van der Waals surface area contributed by atoms with Crippen LogP contribution in [0.2, 0.25) is 5.02 Å². The summed E-state index contributed by atoms with van der Waals surface area (Å²) < 4.78 is 0. The van der Waals surface area contributed by atoms with Gasteiger partial charge in [-0.1, -0.05) is 17.7 Å². The van der Waals surface area contributed by atoms with Crippen molar-refractivity contribution < 1.29 is 0 Å². The quantitative estimate of drug-likeness (QED) is 0.806. The van der Waals surface area contributed by atoms with Crippen LogP contribution in [0.15, 0.2) is 18.3 Å². The number of H-pyrrole nitrogens is 1. The van der Waals surface area contributed by atoms with Gasteiger partial charge < -0.3 is 10.7 Å². The molecule has 2 aromatic rings. The number of halogens is 1. The third-order valence-corrected chi connectivity index (χ3v) is 3.09. The van der Waals surface area contributed by atoms with Crippen molar-refractivity contribution in [3.05, 3.63) is 34.5 Å². The van der Waals surface area contributed by atoms with E-state index in [0.29, 0.717) is 0 Å². The molecule has 0 aliphatic rings. The molecule has 0 spiro atoms. The van der Waals surface area contributed by atoms with Crippen molar-refractivity contribution in [2.24, 2.45) is 5.73 Å². The third kappa shape index (κ3) is 1.87. The first-order valence-corrected chi connectivity index (χ1v) is 5.48. The van der Waals surface area contributed by atoms with E-state index in [0.717, 1.165) is 22.5 Å². The molecule has 1 aromatic heterocycles. The van der Waals surface area contributed by atoms with Gasteiger partial charge in [-0.25, -0.2) is 0 Å². The highest BCUT2D eigenvalue weighted by molar-refractivity contribution is 6.32. The summed E-state index contributed by atoms with van der Waals surface area (Å²) in [4.78, 5) is 3.26. The van der Waals surface area contributed by atoms with Gasteiger partial charge in [-0.2, -0.15) is 0 Å². The fourth-order valence-electron chi connectivity index (χ4n) is 1.89. The van der Waals surface area contributed by atoms with Crippen LogP contribution >= 0.6 is 11.6 Å². The average molecular weight is 223 g/mol. The summed E-state index contributed by atoms with van der Waals surface area (Å²) in [7, 11) is 0. The molecule has 0 radical (unpaired) electrons. The lowest BCUT2D eigenvalue weighted by Crippen LogP contribution is -2.17. The Morgan fingerprint density at radius 3 is 2.87 bits per heavy atom. The van der Waals surface area contributed by atoms with E-state index < -0.39 is 0 Å². The van der Waals surface area contributed by atoms with Crippen LogP contribution in [0.25, 0.3) is 10.9 Å². The lowest BCUT2D eigenvalue weighted by Gasteiger charge is -2.04. The maximum absolute atomic E-state index is 6.06. The number of nitrogens with one attached hydrogen (secondary N) is 1. The van der Waals surface area contributed by atoms with Crippen LogP contribution in [0.4, 0.5) is 0 Å². The normalized spacial score (nSPS) is 13.3. The van der Waals surface area contributed by atoms with Crippen molar-refractivity contribution in [2.75, 3.05) is 0 Å². The second-order valence-electron chi connectivity index (χ2n) is 4.09. The van der Waals surface area contributed by atoms with E-state index in [-0.39, 0.29) is 6.04 Å². The molecular weight excluding hydrogens is 208 g/mol. The van der Waals surface area contributed by atoms with Crippen molar-refractivity contribution in [3.8, 4) is 0 Å². The van der Waals surface area contributed by atoms with Crippen molar-refractivity contribution in [1.29, 1.82) is 0 Å². The number of fused-ring (bicyclic) bond motifs is 1. The Hall–Kier alpha value is -0.990. The highest BCUT2D eigenvalue weighted by Gasteiger charge is 2.08. The summed E-state index contributed by atoms with van der Waals surface area (Å²) in [6, 6.07) is 4.18. The zero-order valence-electron chi connectivity index (χ0n) is 8.97. The van der Waals surface area contributed by atoms with E-state index in [9.17, 15) is 0 Å². The monoisotopic (exact) mass is 222 g/mol. The van der Waals surface area contributed by atoms with Crippen LogP contribution in [0.5, 0.6) is 0 Å². The van der Waals surface area contributed by atoms with Gasteiger partial charge in [0.15, 0.2) is 0 Å². The molecular formula is C12H15ClN2. The van der Waals surface area contributed by atoms with Gasteiger partial charge in [0.1, 0.15) is 0 Å². The minimum Gasteiger partial charge on any atom is -0.361 e. The Morgan fingerprint density at radius 1 is 1.47 bits per heavy atom. The largest absolute Gasteiger partial charge is 0.361 e. The van der Waals surface area contributed by atoms with Gasteiger partial charge in [-0.15, -0.1) is 0 Å². The Morgan fingerprint density at radius 2 is 2.20 bits per heavy atom. The summed E-state index contributed by atoms with van der Waals surface area (Å²) in [6.07, 6.45) is 2.92. The van der Waals surface area contributed by atoms with E-state index in [4.69, 9.17) is 17.3 Å². The highest BCUT2D eigenvalue weighted by atomic mass is 35.5. The maximum Gasteiger partial charge on any atom is 0.0501 e. The Bertz CT molecular complexity index is 486. The molecule has 1 unspecified atom stereocenters. The number of rotatable bonds is 2. The number of aromatic amines is 1. The van der Waals surface area contributed by atoms with Gasteiger partial charge in [0.05, 0.1) is 5.52 Å². The van der Waals surface area contributed by atoms with Crippen LogP contribution < -0.4 is 5.73 Å². The van der Waals surface area contributed by atoms with Crippen molar-refractivity contribution in [3.63, 3.8) is 0 Å². The fraction of sp³-hybridized carbons (Fsp3) is 0.333. The first-order chi connectivity index (χ1) is 7.09. The van der Waals surface area contributed by atoms with Crippen molar-refractivity contribution >= 4 is 22.5 Å². The molecule has 1 atom stereocenters. The van der Waals surface area contributed by atoms with Gasteiger partial charge in [0, 0.05) is 22.6 Å². The number of hydrogen-bond acceptors (Lipinski definition) is 1. The van der Waals surface area contributed by atoms with Crippen LogP contribution in [-0.2, 0) is 6.42 Å². The highest BCUT2D eigenvalue weighted by Crippen LogP contribution is 2.27. The summed E-state index contributed by atoms with van der Waals surface area (Å²) in [5.41, 5.74) is 9.29. The predicted molar refractivity (Wildman–Crippen MR) is 65.4 cm³/mol. The number of aromatic nitrogens is 1. The molecule has 1 aromatic carbocycles. The molecule has 2 rings (SSSR count). The lowest BCUT2D eigenvalue weighted by atomic mass is 10.0. The number of nitrogens with two attached hydrogens (primary N) is 1. The van der Waals surface area contributed by atoms with Crippen LogP contribution in [0.1, 0.15) is 18.1 Å². The minimum absolute atomic E-state index is 0.181. The Kier molecular flexibility index (Phi) is 2.72. The molecule has 0 saturated carbocycles. The molecule has 3 heteroatoms. The first-order valence-electron chi connectivity index (χ1n) is 5.10. The summed E-state index contributed by atoms with van der Waals surface area (Å²) in [5, 5.41) is 2.03. The van der Waals surface area contributed by atoms with E-state index in [1.807, 2.05) is 26.1 Å². The van der Waals surface area contributed by atoms with E-state index in [1.165, 1.54) is 10.9 Å². The number of benzene rings is 1. The molecule has 3 N–H and O–H groups in total. The standard InChI is InChI=1S/C12H15ClN2/c1-7(14)5-9-6-15-12-8(2)11(13)4-3-10(9)12/h3-4,6-7,15H,5,14H2,1-2H3. The Balaban J connectivity index is 2.57. The van der Waals surface area contributed by atoms with E-state index in [1.54, 1.807) is 0 Å². The van der Waals surface area contributed by atoms with E-state index >= 15 is 0 Å². The summed E-state index contributed by atoms with van der Waals surface area (Å²) in [6.45, 7) is 4.04. The van der Waals surface area contributed by atoms with Gasteiger partial charge in [0.25, 0.3) is 0 Å². The number of aryl methyl sites for hydroxylation is 1. The predicted octanol–water partition coefficient (Wildman–Crippen LogP) is 3.02.